The molecule has 0 heterocycles. The first kappa shape index (κ1) is 15.7. The summed E-state index contributed by atoms with van der Waals surface area (Å²) in [6, 6.07) is 3.97. The zero-order valence-electron chi connectivity index (χ0n) is 11.7. The summed E-state index contributed by atoms with van der Waals surface area (Å²) in [5.41, 5.74) is -0.160. The zero-order valence-corrected chi connectivity index (χ0v) is 12.5. The van der Waals surface area contributed by atoms with Crippen LogP contribution in [-0.2, 0) is 4.74 Å². The quantitative estimate of drug-likeness (QED) is 0.620. The highest BCUT2D eigenvalue weighted by atomic mass is 35.5. The molecule has 1 saturated carbocycles. The Hall–Kier alpha value is -1.66. The highest BCUT2D eigenvalue weighted by Crippen LogP contribution is 2.48. The minimum Gasteiger partial charge on any atom is -0.385 e. The zero-order chi connectivity index (χ0) is 15.5. The van der Waals surface area contributed by atoms with Crippen LogP contribution in [0.5, 0.6) is 0 Å². The number of ether oxygens (including phenoxy) is 1. The van der Waals surface area contributed by atoms with Gasteiger partial charge in [0.1, 0.15) is 5.56 Å². The fourth-order valence-electron chi connectivity index (χ4n) is 2.22. The van der Waals surface area contributed by atoms with E-state index < -0.39 is 10.8 Å². The number of nitro benzene ring substituents is 1. The van der Waals surface area contributed by atoms with Crippen LogP contribution < -0.4 is 5.32 Å². The lowest BCUT2D eigenvalue weighted by molar-refractivity contribution is -0.385. The molecule has 0 radical (unpaired) electrons. The molecule has 0 aliphatic heterocycles. The third-order valence-corrected chi connectivity index (χ3v) is 4.05. The molecule has 0 saturated heterocycles. The molecule has 1 N–H and O–H groups in total. The van der Waals surface area contributed by atoms with Crippen molar-refractivity contribution in [3.8, 4) is 0 Å². The van der Waals surface area contributed by atoms with Crippen LogP contribution in [-0.4, -0.2) is 31.1 Å². The van der Waals surface area contributed by atoms with Gasteiger partial charge in [0.05, 0.1) is 4.92 Å². The summed E-state index contributed by atoms with van der Waals surface area (Å²) in [4.78, 5) is 22.5. The highest BCUT2D eigenvalue weighted by Gasteiger charge is 2.42. The molecule has 0 aromatic heterocycles. The van der Waals surface area contributed by atoms with Crippen molar-refractivity contribution >= 4 is 23.2 Å². The van der Waals surface area contributed by atoms with Crippen molar-refractivity contribution in [2.24, 2.45) is 5.41 Å². The number of nitrogens with zero attached hydrogens (tertiary/aromatic N) is 1. The van der Waals surface area contributed by atoms with E-state index >= 15 is 0 Å². The van der Waals surface area contributed by atoms with Crippen LogP contribution >= 0.6 is 11.6 Å². The molecular formula is C14H17ClN2O4. The van der Waals surface area contributed by atoms with E-state index in [1.54, 1.807) is 7.11 Å². The normalized spacial score (nSPS) is 15.5. The molecule has 0 spiro atoms. The lowest BCUT2D eigenvalue weighted by Gasteiger charge is -2.15. The van der Waals surface area contributed by atoms with Crippen molar-refractivity contribution < 1.29 is 14.5 Å². The minimum atomic E-state index is -0.580. The van der Waals surface area contributed by atoms with Crippen LogP contribution in [0.15, 0.2) is 18.2 Å². The van der Waals surface area contributed by atoms with Crippen LogP contribution in [0.3, 0.4) is 0 Å². The van der Waals surface area contributed by atoms with Gasteiger partial charge < -0.3 is 10.1 Å². The molecule has 0 bridgehead atoms. The van der Waals surface area contributed by atoms with Crippen LogP contribution in [0.25, 0.3) is 0 Å². The summed E-state index contributed by atoms with van der Waals surface area (Å²) >= 11 is 5.82. The van der Waals surface area contributed by atoms with Gasteiger partial charge in [-0.25, -0.2) is 0 Å². The first-order valence-corrected chi connectivity index (χ1v) is 7.06. The first-order valence-electron chi connectivity index (χ1n) is 6.68. The Labute approximate surface area is 127 Å². The molecular weight excluding hydrogens is 296 g/mol. The van der Waals surface area contributed by atoms with Gasteiger partial charge in [0.25, 0.3) is 11.6 Å². The van der Waals surface area contributed by atoms with Gasteiger partial charge in [0.2, 0.25) is 0 Å². The summed E-state index contributed by atoms with van der Waals surface area (Å²) < 4.78 is 5.06. The van der Waals surface area contributed by atoms with Crippen LogP contribution in [0, 0.1) is 15.5 Å². The summed E-state index contributed by atoms with van der Waals surface area (Å²) in [7, 11) is 1.64. The topological polar surface area (TPSA) is 81.5 Å². The summed E-state index contributed by atoms with van der Waals surface area (Å²) in [6.45, 7) is 1.14. The number of rotatable bonds is 7. The van der Waals surface area contributed by atoms with Crippen molar-refractivity contribution in [3.05, 3.63) is 38.9 Å². The molecule has 21 heavy (non-hydrogen) atoms. The Balaban J connectivity index is 2.04. The van der Waals surface area contributed by atoms with Gasteiger partial charge in [0, 0.05) is 31.4 Å². The van der Waals surface area contributed by atoms with E-state index in [2.05, 4.69) is 5.32 Å². The maximum absolute atomic E-state index is 12.2. The van der Waals surface area contributed by atoms with Crippen molar-refractivity contribution in [2.45, 2.75) is 19.3 Å². The number of benzene rings is 1. The molecule has 0 unspecified atom stereocenters. The minimum absolute atomic E-state index is 0.00459. The molecule has 1 aromatic rings. The monoisotopic (exact) mass is 312 g/mol. The van der Waals surface area contributed by atoms with Gasteiger partial charge >= 0.3 is 0 Å². The van der Waals surface area contributed by atoms with Crippen molar-refractivity contribution in [1.29, 1.82) is 0 Å². The van der Waals surface area contributed by atoms with Gasteiger partial charge in [-0.1, -0.05) is 11.6 Å². The second-order valence-corrected chi connectivity index (χ2v) is 5.78. The number of carbonyl (C=O) groups is 1. The van der Waals surface area contributed by atoms with E-state index in [9.17, 15) is 14.9 Å². The van der Waals surface area contributed by atoms with E-state index in [1.807, 2.05) is 0 Å². The van der Waals surface area contributed by atoms with Gasteiger partial charge in [0.15, 0.2) is 0 Å². The van der Waals surface area contributed by atoms with Gasteiger partial charge in [-0.05, 0) is 36.8 Å². The number of hydrogen-bond donors (Lipinski definition) is 1. The van der Waals surface area contributed by atoms with Crippen LogP contribution in [0.4, 0.5) is 5.69 Å². The third kappa shape index (κ3) is 3.92. The van der Waals surface area contributed by atoms with Crippen LogP contribution in [0.1, 0.15) is 29.6 Å². The third-order valence-electron chi connectivity index (χ3n) is 3.82. The summed E-state index contributed by atoms with van der Waals surface area (Å²) in [5.74, 6) is -0.465. The maximum Gasteiger partial charge on any atom is 0.282 e. The highest BCUT2D eigenvalue weighted by molar-refractivity contribution is 6.31. The first-order chi connectivity index (χ1) is 9.97. The fourth-order valence-corrected chi connectivity index (χ4v) is 2.39. The van der Waals surface area contributed by atoms with E-state index in [0.717, 1.165) is 19.3 Å². The molecule has 6 nitrogen and oxygen atoms in total. The summed E-state index contributed by atoms with van der Waals surface area (Å²) in [6.07, 6.45) is 2.95. The standard InChI is InChI=1S/C14H17ClN2O4/c1-21-7-6-14(4-5-14)9-16-13(18)11-8-10(15)2-3-12(11)17(19)20/h2-3,8H,4-7,9H2,1H3,(H,16,18). The van der Waals surface area contributed by atoms with E-state index in [4.69, 9.17) is 16.3 Å². The number of nitro groups is 1. The second kappa shape index (κ2) is 6.41. The number of nitrogens with one attached hydrogen (secondary N) is 1. The Morgan fingerprint density at radius 1 is 1.52 bits per heavy atom. The Kier molecular flexibility index (Phi) is 4.80. The largest absolute Gasteiger partial charge is 0.385 e. The molecule has 7 heteroatoms. The maximum atomic E-state index is 12.2. The Morgan fingerprint density at radius 2 is 2.24 bits per heavy atom. The Morgan fingerprint density at radius 3 is 2.81 bits per heavy atom. The van der Waals surface area contributed by atoms with Crippen LogP contribution in [0.2, 0.25) is 5.02 Å². The van der Waals surface area contributed by atoms with Gasteiger partial charge in [-0.3, -0.25) is 14.9 Å². The molecule has 1 aliphatic rings. The van der Waals surface area contributed by atoms with Crippen molar-refractivity contribution in [1.82, 2.24) is 5.32 Å². The molecule has 0 atom stereocenters. The molecule has 1 aliphatic carbocycles. The number of hydrogen-bond acceptors (Lipinski definition) is 4. The smallest absolute Gasteiger partial charge is 0.282 e. The average molecular weight is 313 g/mol. The van der Waals surface area contributed by atoms with Crippen molar-refractivity contribution in [3.63, 3.8) is 0 Å². The molecule has 1 amide bonds. The lowest BCUT2D eigenvalue weighted by atomic mass is 10.0. The SMILES string of the molecule is COCCC1(CNC(=O)c2cc(Cl)ccc2[N+](=O)[O-])CC1. The molecule has 1 aromatic carbocycles. The van der Waals surface area contributed by atoms with Gasteiger partial charge in [-0.15, -0.1) is 0 Å². The number of halogens is 1. The summed E-state index contributed by atoms with van der Waals surface area (Å²) in [5, 5.41) is 14.0. The predicted octanol–water partition coefficient (Wildman–Crippen LogP) is 2.79. The molecule has 1 fully saturated rings. The molecule has 114 valence electrons. The molecule has 2 rings (SSSR count). The average Bonchev–Trinajstić information content (AvgIpc) is 3.22. The van der Waals surface area contributed by atoms with Crippen molar-refractivity contribution in [2.75, 3.05) is 20.3 Å². The Bertz CT molecular complexity index is 558. The van der Waals surface area contributed by atoms with Gasteiger partial charge in [-0.2, -0.15) is 0 Å². The lowest BCUT2D eigenvalue weighted by Crippen LogP contribution is -2.31. The van der Waals surface area contributed by atoms with E-state index in [-0.39, 0.29) is 16.7 Å². The number of carbonyl (C=O) groups excluding carboxylic acids is 1. The van der Waals surface area contributed by atoms with E-state index in [1.165, 1.54) is 18.2 Å². The number of amides is 1. The number of methoxy groups -OCH3 is 1. The predicted molar refractivity (Wildman–Crippen MR) is 78.6 cm³/mol. The fraction of sp³-hybridized carbons (Fsp3) is 0.500. The van der Waals surface area contributed by atoms with E-state index in [0.29, 0.717) is 18.2 Å². The second-order valence-electron chi connectivity index (χ2n) is 5.34.